The third-order valence-electron chi connectivity index (χ3n) is 4.42. The number of hydrogen-bond donors (Lipinski definition) is 2. The predicted octanol–water partition coefficient (Wildman–Crippen LogP) is 1.76. The second-order valence-electron chi connectivity index (χ2n) is 6.49. The molecule has 0 bridgehead atoms. The smallest absolute Gasteiger partial charge is 0.321 e. The summed E-state index contributed by atoms with van der Waals surface area (Å²) in [6, 6.07) is 5.78. The van der Waals surface area contributed by atoms with E-state index < -0.39 is 0 Å². The summed E-state index contributed by atoms with van der Waals surface area (Å²) in [6.07, 6.45) is 2.01. The van der Waals surface area contributed by atoms with Crippen LogP contribution in [0.25, 0.3) is 0 Å². The van der Waals surface area contributed by atoms with Crippen molar-refractivity contribution in [1.29, 1.82) is 0 Å². The van der Waals surface area contributed by atoms with Gasteiger partial charge in [0.15, 0.2) is 0 Å². The third kappa shape index (κ3) is 4.61. The molecule has 2 N–H and O–H groups in total. The van der Waals surface area contributed by atoms with Gasteiger partial charge in [-0.3, -0.25) is 15.0 Å². The number of urea groups is 1. The first-order valence-electron chi connectivity index (χ1n) is 8.35. The van der Waals surface area contributed by atoms with Gasteiger partial charge in [0.1, 0.15) is 0 Å². The number of amides is 3. The highest BCUT2D eigenvalue weighted by Gasteiger charge is 2.25. The number of aryl methyl sites for hydroxylation is 1. The van der Waals surface area contributed by atoms with E-state index in [2.05, 4.69) is 27.4 Å². The van der Waals surface area contributed by atoms with Crippen molar-refractivity contribution in [3.63, 3.8) is 0 Å². The maximum absolute atomic E-state index is 11.9. The molecule has 7 heteroatoms. The molecule has 1 saturated heterocycles. The van der Waals surface area contributed by atoms with Gasteiger partial charge < -0.3 is 10.2 Å². The van der Waals surface area contributed by atoms with Crippen molar-refractivity contribution in [1.82, 2.24) is 15.5 Å². The SMILES string of the molecule is Cc1ccc(Cl)cc1N1CCN(CC(=O)NC(=O)NC2CC2)CC1. The van der Waals surface area contributed by atoms with Crippen molar-refractivity contribution in [2.24, 2.45) is 0 Å². The summed E-state index contributed by atoms with van der Waals surface area (Å²) in [6.45, 7) is 5.56. The van der Waals surface area contributed by atoms with Gasteiger partial charge in [0.25, 0.3) is 0 Å². The molecule has 0 unspecified atom stereocenters. The van der Waals surface area contributed by atoms with Crippen LogP contribution in [-0.4, -0.2) is 55.6 Å². The lowest BCUT2D eigenvalue weighted by Gasteiger charge is -2.36. The number of nitrogens with one attached hydrogen (secondary N) is 2. The summed E-state index contributed by atoms with van der Waals surface area (Å²) in [5, 5.41) is 5.88. The average Bonchev–Trinajstić information content (AvgIpc) is 3.34. The van der Waals surface area contributed by atoms with Gasteiger partial charge in [0, 0.05) is 42.9 Å². The molecular formula is C17H23ClN4O2. The number of imide groups is 1. The van der Waals surface area contributed by atoms with E-state index in [4.69, 9.17) is 11.6 Å². The molecule has 1 saturated carbocycles. The minimum Gasteiger partial charge on any atom is -0.369 e. The first kappa shape index (κ1) is 17.0. The topological polar surface area (TPSA) is 64.7 Å². The number of benzene rings is 1. The number of carbonyl (C=O) groups excluding carboxylic acids is 2. The Morgan fingerprint density at radius 1 is 1.21 bits per heavy atom. The molecule has 1 aliphatic carbocycles. The van der Waals surface area contributed by atoms with Crippen LogP contribution in [0.3, 0.4) is 0 Å². The van der Waals surface area contributed by atoms with E-state index in [-0.39, 0.29) is 24.5 Å². The van der Waals surface area contributed by atoms with Crippen LogP contribution in [0, 0.1) is 6.92 Å². The van der Waals surface area contributed by atoms with Gasteiger partial charge in [-0.2, -0.15) is 0 Å². The Labute approximate surface area is 147 Å². The second-order valence-corrected chi connectivity index (χ2v) is 6.93. The molecule has 1 heterocycles. The second kappa shape index (κ2) is 7.40. The Balaban J connectivity index is 1.45. The van der Waals surface area contributed by atoms with E-state index in [0.29, 0.717) is 0 Å². The van der Waals surface area contributed by atoms with E-state index in [1.165, 1.54) is 5.56 Å². The lowest BCUT2D eigenvalue weighted by Crippen LogP contribution is -2.51. The highest BCUT2D eigenvalue weighted by atomic mass is 35.5. The predicted molar refractivity (Wildman–Crippen MR) is 94.5 cm³/mol. The Morgan fingerprint density at radius 3 is 2.58 bits per heavy atom. The van der Waals surface area contributed by atoms with Crippen LogP contribution in [0.2, 0.25) is 5.02 Å². The Bertz CT molecular complexity index is 625. The van der Waals surface area contributed by atoms with Crippen molar-refractivity contribution in [2.45, 2.75) is 25.8 Å². The van der Waals surface area contributed by atoms with E-state index in [0.717, 1.165) is 49.7 Å². The van der Waals surface area contributed by atoms with Gasteiger partial charge in [0.05, 0.1) is 6.54 Å². The largest absolute Gasteiger partial charge is 0.369 e. The molecule has 2 fully saturated rings. The zero-order valence-electron chi connectivity index (χ0n) is 13.8. The van der Waals surface area contributed by atoms with Crippen molar-refractivity contribution in [3.8, 4) is 0 Å². The van der Waals surface area contributed by atoms with Crippen LogP contribution in [0.15, 0.2) is 18.2 Å². The molecule has 3 amide bonds. The van der Waals surface area contributed by atoms with Crippen LogP contribution in [0.5, 0.6) is 0 Å². The number of hydrogen-bond acceptors (Lipinski definition) is 4. The standard InChI is InChI=1S/C17H23ClN4O2/c1-12-2-3-13(18)10-15(12)22-8-6-21(7-9-22)11-16(23)20-17(24)19-14-4-5-14/h2-3,10,14H,4-9,11H2,1H3,(H2,19,20,23,24). The first-order chi connectivity index (χ1) is 11.5. The van der Waals surface area contributed by atoms with Crippen molar-refractivity contribution >= 4 is 29.2 Å². The fourth-order valence-electron chi connectivity index (χ4n) is 2.89. The van der Waals surface area contributed by atoms with E-state index >= 15 is 0 Å². The lowest BCUT2D eigenvalue weighted by molar-refractivity contribution is -0.121. The summed E-state index contributed by atoms with van der Waals surface area (Å²) < 4.78 is 0. The van der Waals surface area contributed by atoms with Crippen molar-refractivity contribution in [3.05, 3.63) is 28.8 Å². The molecule has 1 aromatic rings. The number of rotatable bonds is 4. The minimum atomic E-state index is -0.379. The lowest BCUT2D eigenvalue weighted by atomic mass is 10.1. The van der Waals surface area contributed by atoms with E-state index in [1.54, 1.807) is 0 Å². The molecule has 1 aromatic carbocycles. The molecule has 0 aromatic heterocycles. The van der Waals surface area contributed by atoms with Crippen molar-refractivity contribution in [2.75, 3.05) is 37.6 Å². The summed E-state index contributed by atoms with van der Waals surface area (Å²) in [4.78, 5) is 27.9. The fraction of sp³-hybridized carbons (Fsp3) is 0.529. The number of carbonyl (C=O) groups is 2. The summed E-state index contributed by atoms with van der Waals surface area (Å²) in [7, 11) is 0. The molecular weight excluding hydrogens is 328 g/mol. The Morgan fingerprint density at radius 2 is 1.92 bits per heavy atom. The highest BCUT2D eigenvalue weighted by molar-refractivity contribution is 6.30. The Kier molecular flexibility index (Phi) is 5.26. The van der Waals surface area contributed by atoms with E-state index in [9.17, 15) is 9.59 Å². The minimum absolute atomic E-state index is 0.250. The molecule has 0 radical (unpaired) electrons. The molecule has 0 atom stereocenters. The molecule has 1 aliphatic heterocycles. The molecule has 2 aliphatic rings. The zero-order chi connectivity index (χ0) is 17.1. The Hall–Kier alpha value is -1.79. The summed E-state index contributed by atoms with van der Waals surface area (Å²) in [5.74, 6) is -0.250. The monoisotopic (exact) mass is 350 g/mol. The first-order valence-corrected chi connectivity index (χ1v) is 8.73. The molecule has 3 rings (SSSR count). The van der Waals surface area contributed by atoms with Gasteiger partial charge in [-0.1, -0.05) is 17.7 Å². The van der Waals surface area contributed by atoms with Crippen LogP contribution >= 0.6 is 11.6 Å². The van der Waals surface area contributed by atoms with E-state index in [1.807, 2.05) is 18.2 Å². The molecule has 6 nitrogen and oxygen atoms in total. The number of anilines is 1. The fourth-order valence-corrected chi connectivity index (χ4v) is 3.05. The van der Waals surface area contributed by atoms with Crippen LogP contribution in [0.1, 0.15) is 18.4 Å². The molecule has 130 valence electrons. The van der Waals surface area contributed by atoms with Gasteiger partial charge in [-0.15, -0.1) is 0 Å². The van der Waals surface area contributed by atoms with Gasteiger partial charge in [-0.05, 0) is 37.5 Å². The van der Waals surface area contributed by atoms with Gasteiger partial charge in [0.2, 0.25) is 5.91 Å². The molecule has 24 heavy (non-hydrogen) atoms. The maximum Gasteiger partial charge on any atom is 0.321 e. The quantitative estimate of drug-likeness (QED) is 0.868. The zero-order valence-corrected chi connectivity index (χ0v) is 14.6. The third-order valence-corrected chi connectivity index (χ3v) is 4.65. The molecule has 0 spiro atoms. The number of halogens is 1. The van der Waals surface area contributed by atoms with Gasteiger partial charge >= 0.3 is 6.03 Å². The average molecular weight is 351 g/mol. The van der Waals surface area contributed by atoms with Crippen molar-refractivity contribution < 1.29 is 9.59 Å². The highest BCUT2D eigenvalue weighted by Crippen LogP contribution is 2.25. The number of nitrogens with zero attached hydrogens (tertiary/aromatic N) is 2. The van der Waals surface area contributed by atoms with Crippen LogP contribution < -0.4 is 15.5 Å². The summed E-state index contributed by atoms with van der Waals surface area (Å²) in [5.41, 5.74) is 2.35. The number of piperazine rings is 1. The van der Waals surface area contributed by atoms with Crippen LogP contribution in [0.4, 0.5) is 10.5 Å². The maximum atomic E-state index is 11.9. The normalized spacial score (nSPS) is 18.3. The van der Waals surface area contributed by atoms with Crippen LogP contribution in [-0.2, 0) is 4.79 Å². The summed E-state index contributed by atoms with van der Waals surface area (Å²) >= 11 is 6.09. The van der Waals surface area contributed by atoms with Gasteiger partial charge in [-0.25, -0.2) is 4.79 Å².